The number of aromatic nitrogens is 2. The van der Waals surface area contributed by atoms with Crippen LogP contribution in [0.25, 0.3) is 0 Å². The van der Waals surface area contributed by atoms with E-state index in [0.29, 0.717) is 5.92 Å². The summed E-state index contributed by atoms with van der Waals surface area (Å²) in [5.41, 5.74) is 1.14. The summed E-state index contributed by atoms with van der Waals surface area (Å²) >= 11 is 0. The SMILES string of the molecule is CCc1cnc(N2CCCC(CCC(=O)O)C2)nc1. The number of rotatable bonds is 5. The summed E-state index contributed by atoms with van der Waals surface area (Å²) in [6.07, 6.45) is 7.90. The largest absolute Gasteiger partial charge is 0.481 e. The summed E-state index contributed by atoms with van der Waals surface area (Å²) in [6, 6.07) is 0. The summed E-state index contributed by atoms with van der Waals surface area (Å²) in [5, 5.41) is 8.75. The molecule has 0 spiro atoms. The Kier molecular flexibility index (Phi) is 4.71. The van der Waals surface area contributed by atoms with E-state index in [1.165, 1.54) is 0 Å². The predicted molar refractivity (Wildman–Crippen MR) is 73.2 cm³/mol. The zero-order chi connectivity index (χ0) is 13.7. The molecule has 1 aliphatic heterocycles. The normalized spacial score (nSPS) is 19.4. The molecule has 19 heavy (non-hydrogen) atoms. The highest BCUT2D eigenvalue weighted by Gasteiger charge is 2.22. The smallest absolute Gasteiger partial charge is 0.303 e. The number of carboxylic acid groups (broad SMARTS) is 1. The monoisotopic (exact) mass is 263 g/mol. The number of aliphatic carboxylic acids is 1. The van der Waals surface area contributed by atoms with E-state index in [2.05, 4.69) is 21.8 Å². The molecule has 2 heterocycles. The molecule has 0 aromatic carbocycles. The van der Waals surface area contributed by atoms with E-state index in [9.17, 15) is 4.79 Å². The Morgan fingerprint density at radius 3 is 2.84 bits per heavy atom. The number of carbonyl (C=O) groups is 1. The number of hydrogen-bond acceptors (Lipinski definition) is 4. The van der Waals surface area contributed by atoms with Gasteiger partial charge in [-0.2, -0.15) is 0 Å². The van der Waals surface area contributed by atoms with Crippen LogP contribution in [0.15, 0.2) is 12.4 Å². The summed E-state index contributed by atoms with van der Waals surface area (Å²) in [6.45, 7) is 3.93. The van der Waals surface area contributed by atoms with Crippen molar-refractivity contribution in [3.8, 4) is 0 Å². The van der Waals surface area contributed by atoms with Crippen LogP contribution in [-0.2, 0) is 11.2 Å². The first-order chi connectivity index (χ1) is 9.19. The fourth-order valence-electron chi connectivity index (χ4n) is 2.50. The summed E-state index contributed by atoms with van der Waals surface area (Å²) < 4.78 is 0. The molecule has 2 rings (SSSR count). The molecule has 1 aliphatic rings. The van der Waals surface area contributed by atoms with Gasteiger partial charge in [0.15, 0.2) is 0 Å². The Morgan fingerprint density at radius 1 is 1.47 bits per heavy atom. The Hall–Kier alpha value is -1.65. The molecule has 0 radical (unpaired) electrons. The van der Waals surface area contributed by atoms with Gasteiger partial charge in [0, 0.05) is 31.9 Å². The first-order valence-corrected chi connectivity index (χ1v) is 6.96. The van der Waals surface area contributed by atoms with Crippen LogP contribution in [0.2, 0.25) is 0 Å². The zero-order valence-electron chi connectivity index (χ0n) is 11.4. The molecule has 0 amide bonds. The molecule has 1 N–H and O–H groups in total. The van der Waals surface area contributed by atoms with Crippen molar-refractivity contribution >= 4 is 11.9 Å². The molecule has 5 heteroatoms. The van der Waals surface area contributed by atoms with Gasteiger partial charge < -0.3 is 10.0 Å². The minimum atomic E-state index is -0.708. The van der Waals surface area contributed by atoms with Gasteiger partial charge in [-0.3, -0.25) is 4.79 Å². The summed E-state index contributed by atoms with van der Waals surface area (Å²) in [4.78, 5) is 21.6. The quantitative estimate of drug-likeness (QED) is 0.881. The lowest BCUT2D eigenvalue weighted by Crippen LogP contribution is -2.36. The number of aryl methyl sites for hydroxylation is 1. The molecule has 0 bridgehead atoms. The van der Waals surface area contributed by atoms with Gasteiger partial charge in [-0.1, -0.05) is 6.92 Å². The van der Waals surface area contributed by atoms with Crippen LogP contribution in [0, 0.1) is 5.92 Å². The van der Waals surface area contributed by atoms with E-state index in [0.717, 1.165) is 50.3 Å². The van der Waals surface area contributed by atoms with Crippen LogP contribution in [0.5, 0.6) is 0 Å². The number of carboxylic acids is 1. The number of nitrogens with zero attached hydrogens (tertiary/aromatic N) is 3. The van der Waals surface area contributed by atoms with E-state index in [1.54, 1.807) is 0 Å². The van der Waals surface area contributed by atoms with Crippen LogP contribution in [0.3, 0.4) is 0 Å². The lowest BCUT2D eigenvalue weighted by molar-refractivity contribution is -0.137. The van der Waals surface area contributed by atoms with Crippen molar-refractivity contribution in [2.24, 2.45) is 5.92 Å². The fourth-order valence-corrected chi connectivity index (χ4v) is 2.50. The van der Waals surface area contributed by atoms with Crippen molar-refractivity contribution in [1.29, 1.82) is 0 Å². The van der Waals surface area contributed by atoms with Crippen LogP contribution in [0.4, 0.5) is 5.95 Å². The van der Waals surface area contributed by atoms with Crippen LogP contribution in [-0.4, -0.2) is 34.1 Å². The third-order valence-corrected chi connectivity index (χ3v) is 3.67. The molecule has 1 atom stereocenters. The third-order valence-electron chi connectivity index (χ3n) is 3.67. The lowest BCUT2D eigenvalue weighted by Gasteiger charge is -2.32. The van der Waals surface area contributed by atoms with E-state index < -0.39 is 5.97 Å². The first kappa shape index (κ1) is 13.8. The zero-order valence-corrected chi connectivity index (χ0v) is 11.4. The molecule has 1 aromatic rings. The van der Waals surface area contributed by atoms with Gasteiger partial charge in [0.1, 0.15) is 0 Å². The number of anilines is 1. The highest BCUT2D eigenvalue weighted by molar-refractivity contribution is 5.66. The molecule has 0 aliphatic carbocycles. The van der Waals surface area contributed by atoms with Gasteiger partial charge in [-0.15, -0.1) is 0 Å². The minimum absolute atomic E-state index is 0.258. The fraction of sp³-hybridized carbons (Fsp3) is 0.643. The van der Waals surface area contributed by atoms with Gasteiger partial charge in [-0.25, -0.2) is 9.97 Å². The molecule has 0 saturated carbocycles. The standard InChI is InChI=1S/C14H21N3O2/c1-2-11-8-15-14(16-9-11)17-7-3-4-12(10-17)5-6-13(18)19/h8-9,12H,2-7,10H2,1H3,(H,18,19). The van der Waals surface area contributed by atoms with Crippen LogP contribution < -0.4 is 4.90 Å². The van der Waals surface area contributed by atoms with Gasteiger partial charge >= 0.3 is 5.97 Å². The Morgan fingerprint density at radius 2 is 2.21 bits per heavy atom. The highest BCUT2D eigenvalue weighted by atomic mass is 16.4. The Balaban J connectivity index is 1.94. The summed E-state index contributed by atoms with van der Waals surface area (Å²) in [5.74, 6) is 0.511. The second-order valence-corrected chi connectivity index (χ2v) is 5.13. The molecular formula is C14H21N3O2. The van der Waals surface area contributed by atoms with Crippen molar-refractivity contribution < 1.29 is 9.90 Å². The summed E-state index contributed by atoms with van der Waals surface area (Å²) in [7, 11) is 0. The molecule has 1 unspecified atom stereocenters. The van der Waals surface area contributed by atoms with Gasteiger partial charge in [0.25, 0.3) is 0 Å². The van der Waals surface area contributed by atoms with Crippen molar-refractivity contribution in [1.82, 2.24) is 9.97 Å². The molecule has 104 valence electrons. The predicted octanol–water partition coefficient (Wildman–Crippen LogP) is 2.12. The van der Waals surface area contributed by atoms with Gasteiger partial charge in [0.2, 0.25) is 5.95 Å². The average Bonchev–Trinajstić information content (AvgIpc) is 2.45. The third kappa shape index (κ3) is 3.91. The van der Waals surface area contributed by atoms with E-state index >= 15 is 0 Å². The molecule has 1 aromatic heterocycles. The minimum Gasteiger partial charge on any atom is -0.481 e. The Labute approximate surface area is 113 Å². The van der Waals surface area contributed by atoms with Crippen molar-refractivity contribution in [3.63, 3.8) is 0 Å². The maximum atomic E-state index is 10.6. The van der Waals surface area contributed by atoms with Gasteiger partial charge in [-0.05, 0) is 37.2 Å². The highest BCUT2D eigenvalue weighted by Crippen LogP contribution is 2.23. The topological polar surface area (TPSA) is 66.3 Å². The first-order valence-electron chi connectivity index (χ1n) is 6.96. The second-order valence-electron chi connectivity index (χ2n) is 5.13. The number of hydrogen-bond donors (Lipinski definition) is 1. The number of piperidine rings is 1. The van der Waals surface area contributed by atoms with E-state index in [-0.39, 0.29) is 6.42 Å². The van der Waals surface area contributed by atoms with Crippen LogP contribution >= 0.6 is 0 Å². The van der Waals surface area contributed by atoms with Crippen molar-refractivity contribution in [2.45, 2.75) is 39.0 Å². The second kappa shape index (κ2) is 6.50. The van der Waals surface area contributed by atoms with Gasteiger partial charge in [0.05, 0.1) is 0 Å². The van der Waals surface area contributed by atoms with E-state index in [1.807, 2.05) is 12.4 Å². The molecule has 1 fully saturated rings. The average molecular weight is 263 g/mol. The molecular weight excluding hydrogens is 242 g/mol. The Bertz CT molecular complexity index is 419. The maximum absolute atomic E-state index is 10.6. The van der Waals surface area contributed by atoms with Crippen molar-refractivity contribution in [2.75, 3.05) is 18.0 Å². The van der Waals surface area contributed by atoms with E-state index in [4.69, 9.17) is 5.11 Å². The maximum Gasteiger partial charge on any atom is 0.303 e. The molecule has 1 saturated heterocycles. The van der Waals surface area contributed by atoms with Crippen molar-refractivity contribution in [3.05, 3.63) is 18.0 Å². The lowest BCUT2D eigenvalue weighted by atomic mass is 9.93. The van der Waals surface area contributed by atoms with Crippen LogP contribution in [0.1, 0.15) is 38.2 Å². The molecule has 5 nitrogen and oxygen atoms in total.